The number of benzene rings is 1. The number of primary amides is 1. The number of halogens is 4. The summed E-state index contributed by atoms with van der Waals surface area (Å²) in [5.41, 5.74) is 12.8. The first kappa shape index (κ1) is 22.2. The van der Waals surface area contributed by atoms with Crippen molar-refractivity contribution >= 4 is 40.8 Å². The number of carbonyl (C=O) groups excluding carboxylic acids is 1. The lowest BCUT2D eigenvalue weighted by molar-refractivity contribution is -0.0102. The van der Waals surface area contributed by atoms with E-state index in [1.807, 2.05) is 0 Å². The number of nitrogen functional groups attached to an aromatic ring is 1. The molecule has 30 heavy (non-hydrogen) atoms. The Bertz CT molecular complexity index is 1030. The molecule has 1 amide bonds. The van der Waals surface area contributed by atoms with Gasteiger partial charge in [-0.05, 0) is 31.0 Å². The van der Waals surface area contributed by atoms with Crippen LogP contribution in [0.3, 0.4) is 0 Å². The number of amidine groups is 1. The zero-order valence-electron chi connectivity index (χ0n) is 16.2. The monoisotopic (exact) mass is 455 g/mol. The maximum absolute atomic E-state index is 13.9. The molecule has 2 heterocycles. The van der Waals surface area contributed by atoms with Crippen LogP contribution in [-0.4, -0.2) is 35.7 Å². The summed E-state index contributed by atoms with van der Waals surface area (Å²) >= 11 is 12.6. The average Bonchev–Trinajstić information content (AvgIpc) is 2.84. The van der Waals surface area contributed by atoms with Crippen molar-refractivity contribution in [1.82, 2.24) is 4.98 Å². The Balaban J connectivity index is 2.23. The van der Waals surface area contributed by atoms with E-state index in [0.717, 1.165) is 0 Å². The molecule has 0 saturated carbocycles. The van der Waals surface area contributed by atoms with E-state index in [-0.39, 0.29) is 58.6 Å². The van der Waals surface area contributed by atoms with E-state index in [1.54, 1.807) is 17.9 Å². The number of rotatable bonds is 4. The Kier molecular flexibility index (Phi) is 6.19. The first-order valence-corrected chi connectivity index (χ1v) is 10.0. The van der Waals surface area contributed by atoms with Gasteiger partial charge in [0.1, 0.15) is 11.7 Å². The minimum Gasteiger partial charge on any atom is -0.384 e. The second-order valence-electron chi connectivity index (χ2n) is 7.25. The van der Waals surface area contributed by atoms with Crippen LogP contribution in [0.15, 0.2) is 18.2 Å². The summed E-state index contributed by atoms with van der Waals surface area (Å²) < 4.78 is 27.7. The number of hydrogen-bond donors (Lipinski definition) is 3. The molecular formula is C20H21Cl2F2N5O. The highest BCUT2D eigenvalue weighted by atomic mass is 35.5. The van der Waals surface area contributed by atoms with Gasteiger partial charge in [-0.15, -0.1) is 0 Å². The third-order valence-corrected chi connectivity index (χ3v) is 5.89. The number of nitrogens with zero attached hydrogens (tertiary/aromatic N) is 2. The molecule has 0 aliphatic carbocycles. The molecule has 1 aromatic carbocycles. The first-order valence-electron chi connectivity index (χ1n) is 9.29. The van der Waals surface area contributed by atoms with Crippen molar-refractivity contribution in [2.45, 2.75) is 32.1 Å². The standard InChI is InChI=1S/C20H21Cl2F2N5O/c1-10-16(22)14(11-3-4-13(21)12(9-11)17(25)26)15(18(27)30)19(28-10)29-7-2-5-20(23,24)6-8-29/h3-4,9H,2,5-8H2,1H3,(H3,25,26)(H2,27,30). The molecule has 2 aromatic rings. The Hall–Kier alpha value is -2.45. The van der Waals surface area contributed by atoms with Crippen molar-refractivity contribution in [1.29, 1.82) is 5.41 Å². The van der Waals surface area contributed by atoms with Gasteiger partial charge in [0.2, 0.25) is 5.92 Å². The lowest BCUT2D eigenvalue weighted by Crippen LogP contribution is -2.30. The fourth-order valence-corrected chi connectivity index (χ4v) is 4.03. The number of aryl methyl sites for hydroxylation is 1. The molecule has 0 spiro atoms. The molecular weight excluding hydrogens is 435 g/mol. The number of nitrogens with one attached hydrogen (secondary N) is 1. The quantitative estimate of drug-likeness (QED) is 0.469. The summed E-state index contributed by atoms with van der Waals surface area (Å²) in [5.74, 6) is -3.58. The van der Waals surface area contributed by atoms with Crippen molar-refractivity contribution in [3.63, 3.8) is 0 Å². The van der Waals surface area contributed by atoms with Crippen molar-refractivity contribution in [3.05, 3.63) is 45.1 Å². The molecule has 160 valence electrons. The van der Waals surface area contributed by atoms with E-state index < -0.39 is 11.8 Å². The van der Waals surface area contributed by atoms with Gasteiger partial charge in [0.15, 0.2) is 0 Å². The van der Waals surface area contributed by atoms with Gasteiger partial charge in [-0.2, -0.15) is 0 Å². The van der Waals surface area contributed by atoms with Crippen molar-refractivity contribution in [2.75, 3.05) is 18.0 Å². The Morgan fingerprint density at radius 1 is 1.23 bits per heavy atom. The summed E-state index contributed by atoms with van der Waals surface area (Å²) in [7, 11) is 0. The minimum absolute atomic E-state index is 0.0279. The molecule has 0 bridgehead atoms. The van der Waals surface area contributed by atoms with Crippen LogP contribution in [0.2, 0.25) is 10.0 Å². The molecule has 5 N–H and O–H groups in total. The van der Waals surface area contributed by atoms with E-state index in [1.165, 1.54) is 12.1 Å². The summed E-state index contributed by atoms with van der Waals surface area (Å²) in [6, 6.07) is 4.71. The molecule has 1 aromatic heterocycles. The number of hydrogen-bond acceptors (Lipinski definition) is 4. The number of anilines is 1. The molecule has 0 unspecified atom stereocenters. The van der Waals surface area contributed by atoms with Gasteiger partial charge < -0.3 is 16.4 Å². The Morgan fingerprint density at radius 3 is 2.57 bits per heavy atom. The Labute approximate surface area is 182 Å². The number of pyridine rings is 1. The summed E-state index contributed by atoms with van der Waals surface area (Å²) in [6.07, 6.45) is -0.327. The van der Waals surface area contributed by atoms with Gasteiger partial charge >= 0.3 is 0 Å². The fraction of sp³-hybridized carbons (Fsp3) is 0.350. The second-order valence-corrected chi connectivity index (χ2v) is 8.04. The summed E-state index contributed by atoms with van der Waals surface area (Å²) in [6.45, 7) is 2.00. The minimum atomic E-state index is -2.77. The zero-order valence-corrected chi connectivity index (χ0v) is 17.7. The van der Waals surface area contributed by atoms with Crippen molar-refractivity contribution < 1.29 is 13.6 Å². The predicted molar refractivity (Wildman–Crippen MR) is 115 cm³/mol. The topological polar surface area (TPSA) is 109 Å². The maximum Gasteiger partial charge on any atom is 0.253 e. The van der Waals surface area contributed by atoms with Crippen LogP contribution in [0.5, 0.6) is 0 Å². The van der Waals surface area contributed by atoms with Crippen LogP contribution in [-0.2, 0) is 0 Å². The third-order valence-electron chi connectivity index (χ3n) is 5.09. The first-order chi connectivity index (χ1) is 14.0. The molecule has 3 rings (SSSR count). The normalized spacial score (nSPS) is 16.2. The third kappa shape index (κ3) is 4.34. The SMILES string of the molecule is Cc1nc(N2CCCC(F)(F)CC2)c(C(N)=O)c(-c2ccc(Cl)c(C(=N)N)c2)c1Cl. The largest absolute Gasteiger partial charge is 0.384 e. The van der Waals surface area contributed by atoms with Crippen LogP contribution in [0.25, 0.3) is 11.1 Å². The van der Waals surface area contributed by atoms with Crippen LogP contribution in [0, 0.1) is 12.3 Å². The molecule has 10 heteroatoms. The highest BCUT2D eigenvalue weighted by Gasteiger charge is 2.34. The smallest absolute Gasteiger partial charge is 0.253 e. The van der Waals surface area contributed by atoms with Crippen LogP contribution in [0.4, 0.5) is 14.6 Å². The summed E-state index contributed by atoms with van der Waals surface area (Å²) in [4.78, 5) is 18.5. The average molecular weight is 456 g/mol. The van der Waals surface area contributed by atoms with Crippen LogP contribution >= 0.6 is 23.2 Å². The lowest BCUT2D eigenvalue weighted by atomic mass is 9.96. The van der Waals surface area contributed by atoms with E-state index in [9.17, 15) is 13.6 Å². The number of nitrogens with two attached hydrogens (primary N) is 2. The fourth-order valence-electron chi connectivity index (χ4n) is 3.56. The van der Waals surface area contributed by atoms with E-state index in [4.69, 9.17) is 40.1 Å². The van der Waals surface area contributed by atoms with Crippen molar-refractivity contribution in [2.24, 2.45) is 11.5 Å². The highest BCUT2D eigenvalue weighted by molar-refractivity contribution is 6.36. The molecule has 1 aliphatic rings. The molecule has 1 saturated heterocycles. The second kappa shape index (κ2) is 8.35. The highest BCUT2D eigenvalue weighted by Crippen LogP contribution is 2.40. The van der Waals surface area contributed by atoms with Crippen LogP contribution in [0.1, 0.15) is 40.9 Å². The van der Waals surface area contributed by atoms with E-state index in [0.29, 0.717) is 23.4 Å². The Morgan fingerprint density at radius 2 is 1.93 bits per heavy atom. The zero-order chi connectivity index (χ0) is 22.2. The van der Waals surface area contributed by atoms with Crippen molar-refractivity contribution in [3.8, 4) is 11.1 Å². The van der Waals surface area contributed by atoms with Gasteiger partial charge in [0, 0.05) is 37.1 Å². The molecule has 1 fully saturated rings. The summed E-state index contributed by atoms with van der Waals surface area (Å²) in [5, 5.41) is 8.18. The molecule has 0 atom stereocenters. The number of aromatic nitrogens is 1. The van der Waals surface area contributed by atoms with Gasteiger partial charge in [0.05, 0.1) is 21.3 Å². The molecule has 6 nitrogen and oxygen atoms in total. The van der Waals surface area contributed by atoms with Gasteiger partial charge in [-0.3, -0.25) is 10.2 Å². The predicted octanol–water partition coefficient (Wildman–Crippen LogP) is 4.37. The lowest BCUT2D eigenvalue weighted by Gasteiger charge is -2.26. The maximum atomic E-state index is 13.9. The van der Waals surface area contributed by atoms with Gasteiger partial charge in [-0.1, -0.05) is 29.3 Å². The molecule has 0 radical (unpaired) electrons. The van der Waals surface area contributed by atoms with Gasteiger partial charge in [-0.25, -0.2) is 13.8 Å². The van der Waals surface area contributed by atoms with E-state index in [2.05, 4.69) is 4.98 Å². The van der Waals surface area contributed by atoms with Gasteiger partial charge in [0.25, 0.3) is 5.91 Å². The number of carbonyl (C=O) groups is 1. The number of amides is 1. The van der Waals surface area contributed by atoms with E-state index >= 15 is 0 Å². The number of alkyl halides is 2. The van der Waals surface area contributed by atoms with Crippen LogP contribution < -0.4 is 16.4 Å². The molecule has 1 aliphatic heterocycles.